The number of esters is 1. The van der Waals surface area contributed by atoms with Crippen LogP contribution in [0.4, 0.5) is 16.4 Å². The van der Waals surface area contributed by atoms with Crippen LogP contribution in [-0.2, 0) is 32.0 Å². The van der Waals surface area contributed by atoms with Crippen molar-refractivity contribution in [2.24, 2.45) is 5.92 Å². The van der Waals surface area contributed by atoms with Gasteiger partial charge in [-0.2, -0.15) is 0 Å². The van der Waals surface area contributed by atoms with Gasteiger partial charge in [0.25, 0.3) is 11.6 Å². The lowest BCUT2D eigenvalue weighted by Gasteiger charge is -2.28. The molecule has 0 N–H and O–H groups in total. The molecule has 0 saturated carbocycles. The first-order valence-corrected chi connectivity index (χ1v) is 13.7. The Morgan fingerprint density at radius 1 is 1.10 bits per heavy atom. The molecule has 0 radical (unpaired) electrons. The van der Waals surface area contributed by atoms with Crippen LogP contribution in [0.25, 0.3) is 0 Å². The van der Waals surface area contributed by atoms with E-state index in [2.05, 4.69) is 0 Å². The Bertz CT molecular complexity index is 1490. The van der Waals surface area contributed by atoms with Gasteiger partial charge < -0.3 is 4.74 Å². The molecule has 6 rings (SSSR count). The van der Waals surface area contributed by atoms with E-state index >= 15 is 0 Å². The fourth-order valence-corrected chi connectivity index (χ4v) is 7.08. The van der Waals surface area contributed by atoms with E-state index in [-0.39, 0.29) is 22.9 Å². The Balaban J connectivity index is 1.45. The van der Waals surface area contributed by atoms with Gasteiger partial charge in [-0.15, -0.1) is 11.3 Å². The zero-order valence-corrected chi connectivity index (χ0v) is 21.9. The molecular weight excluding hydrogens is 522 g/mol. The average molecular weight is 548 g/mol. The molecule has 2 fully saturated rings. The molecule has 1 aromatic heterocycles. The first-order valence-electron chi connectivity index (χ1n) is 12.9. The van der Waals surface area contributed by atoms with Crippen molar-refractivity contribution in [1.29, 1.82) is 0 Å². The number of hydroxylamine groups is 1. The summed E-state index contributed by atoms with van der Waals surface area (Å²) in [6.45, 7) is 1.88. The number of benzene rings is 2. The third-order valence-electron chi connectivity index (χ3n) is 7.38. The zero-order valence-electron chi connectivity index (χ0n) is 21.1. The molecule has 11 heteroatoms. The molecule has 0 bridgehead atoms. The van der Waals surface area contributed by atoms with Gasteiger partial charge in [-0.1, -0.05) is 30.3 Å². The first-order chi connectivity index (χ1) is 18.9. The van der Waals surface area contributed by atoms with E-state index in [1.807, 2.05) is 6.07 Å². The maximum Gasteiger partial charge on any atom is 0.341 e. The van der Waals surface area contributed by atoms with Crippen molar-refractivity contribution >= 4 is 45.5 Å². The lowest BCUT2D eigenvalue weighted by molar-refractivity contribution is -0.384. The molecule has 2 aliphatic heterocycles. The fourth-order valence-electron chi connectivity index (χ4n) is 5.70. The number of nitrogens with zero attached hydrogens (tertiary/aromatic N) is 3. The van der Waals surface area contributed by atoms with Crippen molar-refractivity contribution in [1.82, 2.24) is 0 Å². The third-order valence-corrected chi connectivity index (χ3v) is 8.66. The molecule has 10 nitrogen and oxygen atoms in total. The number of amides is 2. The second-order valence-electron chi connectivity index (χ2n) is 9.63. The number of rotatable bonds is 6. The largest absolute Gasteiger partial charge is 0.462 e. The van der Waals surface area contributed by atoms with Crippen molar-refractivity contribution in [2.45, 2.75) is 44.8 Å². The number of non-ortho nitro benzene ring substituents is 1. The molecule has 0 spiro atoms. The SMILES string of the molecule is CCOC(=O)c1c(N2C(=O)[C@@H]3[C@H](ON(c4ccccc4)[C@@H]3c3cccc([N+](=O)[O-])c3)C2=O)sc2c1CCCC2. The topological polar surface area (TPSA) is 119 Å². The monoisotopic (exact) mass is 547 g/mol. The van der Waals surface area contributed by atoms with Crippen LogP contribution in [0.2, 0.25) is 0 Å². The lowest BCUT2D eigenvalue weighted by Crippen LogP contribution is -2.37. The summed E-state index contributed by atoms with van der Waals surface area (Å²) in [5.74, 6) is -2.60. The van der Waals surface area contributed by atoms with Crippen LogP contribution in [0.3, 0.4) is 0 Å². The minimum Gasteiger partial charge on any atom is -0.462 e. The van der Waals surface area contributed by atoms with E-state index in [1.165, 1.54) is 28.5 Å². The predicted octanol–water partition coefficient (Wildman–Crippen LogP) is 4.76. The van der Waals surface area contributed by atoms with Gasteiger partial charge in [0.1, 0.15) is 10.9 Å². The Hall–Kier alpha value is -4.09. The van der Waals surface area contributed by atoms with Crippen LogP contribution >= 0.6 is 11.3 Å². The molecule has 3 aliphatic rings. The van der Waals surface area contributed by atoms with E-state index in [1.54, 1.807) is 43.3 Å². The molecule has 2 aromatic carbocycles. The van der Waals surface area contributed by atoms with Gasteiger partial charge in [-0.3, -0.25) is 24.5 Å². The summed E-state index contributed by atoms with van der Waals surface area (Å²) in [6.07, 6.45) is 2.16. The Morgan fingerprint density at radius 2 is 1.87 bits per heavy atom. The van der Waals surface area contributed by atoms with Gasteiger partial charge in [-0.05, 0) is 55.9 Å². The Kier molecular flexibility index (Phi) is 6.40. The first kappa shape index (κ1) is 25.2. The normalized spacial score (nSPS) is 22.1. The summed E-state index contributed by atoms with van der Waals surface area (Å²) in [4.78, 5) is 60.4. The Morgan fingerprint density at radius 3 is 2.62 bits per heavy atom. The van der Waals surface area contributed by atoms with Gasteiger partial charge >= 0.3 is 5.97 Å². The Labute approximate surface area is 227 Å². The van der Waals surface area contributed by atoms with Crippen molar-refractivity contribution in [3.8, 4) is 0 Å². The minimum absolute atomic E-state index is 0.131. The van der Waals surface area contributed by atoms with Gasteiger partial charge in [0, 0.05) is 17.0 Å². The highest BCUT2D eigenvalue weighted by molar-refractivity contribution is 7.17. The smallest absolute Gasteiger partial charge is 0.341 e. The number of hydrogen-bond donors (Lipinski definition) is 0. The number of aryl methyl sites for hydroxylation is 1. The summed E-state index contributed by atoms with van der Waals surface area (Å²) in [5.41, 5.74) is 2.08. The molecule has 1 aliphatic carbocycles. The highest BCUT2D eigenvalue weighted by Crippen LogP contribution is 2.50. The van der Waals surface area contributed by atoms with E-state index in [0.29, 0.717) is 17.7 Å². The molecule has 200 valence electrons. The van der Waals surface area contributed by atoms with Crippen molar-refractivity contribution in [3.05, 3.63) is 86.3 Å². The second-order valence-corrected chi connectivity index (χ2v) is 10.7. The number of para-hydroxylation sites is 1. The summed E-state index contributed by atoms with van der Waals surface area (Å²) in [6, 6.07) is 14.2. The van der Waals surface area contributed by atoms with Crippen LogP contribution in [0.5, 0.6) is 0 Å². The third kappa shape index (κ3) is 4.09. The van der Waals surface area contributed by atoms with E-state index in [4.69, 9.17) is 9.57 Å². The van der Waals surface area contributed by atoms with Gasteiger partial charge in [0.15, 0.2) is 6.10 Å². The standard InChI is InChI=1S/C28H25N3O7S/c1-2-37-28(34)21-19-13-6-7-14-20(19)39-27(21)29-25(32)22-23(16-9-8-12-18(15-16)31(35)36)30(38-24(22)26(29)33)17-10-4-3-5-11-17/h3-5,8-12,15,22-24H,2,6-7,13-14H2,1H3/t22-,23+,24-/m0/s1. The molecule has 39 heavy (non-hydrogen) atoms. The number of ether oxygens (including phenoxy) is 1. The van der Waals surface area contributed by atoms with E-state index in [0.717, 1.165) is 34.6 Å². The van der Waals surface area contributed by atoms with Gasteiger partial charge in [0.2, 0.25) is 5.91 Å². The molecule has 0 unspecified atom stereocenters. The summed E-state index contributed by atoms with van der Waals surface area (Å²) in [7, 11) is 0. The highest BCUT2D eigenvalue weighted by atomic mass is 32.1. The molecule has 3 atom stereocenters. The van der Waals surface area contributed by atoms with E-state index in [9.17, 15) is 24.5 Å². The summed E-state index contributed by atoms with van der Waals surface area (Å²) < 4.78 is 5.33. The summed E-state index contributed by atoms with van der Waals surface area (Å²) in [5, 5.41) is 13.3. The number of carbonyl (C=O) groups excluding carboxylic acids is 3. The van der Waals surface area contributed by atoms with Crippen molar-refractivity contribution in [3.63, 3.8) is 0 Å². The highest BCUT2D eigenvalue weighted by Gasteiger charge is 2.61. The minimum atomic E-state index is -1.16. The van der Waals surface area contributed by atoms with Crippen molar-refractivity contribution in [2.75, 3.05) is 16.6 Å². The number of hydrogen-bond acceptors (Lipinski definition) is 9. The van der Waals surface area contributed by atoms with Crippen LogP contribution in [-0.4, -0.2) is 35.4 Å². The van der Waals surface area contributed by atoms with Crippen LogP contribution in [0, 0.1) is 16.0 Å². The number of fused-ring (bicyclic) bond motifs is 2. The fraction of sp³-hybridized carbons (Fsp3) is 0.321. The van der Waals surface area contributed by atoms with Crippen molar-refractivity contribution < 1.29 is 28.9 Å². The quantitative estimate of drug-likeness (QED) is 0.188. The summed E-state index contributed by atoms with van der Waals surface area (Å²) >= 11 is 1.29. The number of nitro groups is 1. The molecule has 2 amide bonds. The van der Waals surface area contributed by atoms with Gasteiger partial charge in [0.05, 0.1) is 28.8 Å². The van der Waals surface area contributed by atoms with Gasteiger partial charge in [-0.25, -0.2) is 14.8 Å². The molecule has 3 heterocycles. The maximum atomic E-state index is 14.1. The molecule has 3 aromatic rings. The molecule has 2 saturated heterocycles. The number of nitro benzene ring substituents is 1. The second kappa shape index (κ2) is 9.90. The maximum absolute atomic E-state index is 14.1. The predicted molar refractivity (Wildman–Crippen MR) is 143 cm³/mol. The van der Waals surface area contributed by atoms with Crippen LogP contribution < -0.4 is 9.96 Å². The number of imide groups is 1. The van der Waals surface area contributed by atoms with Crippen LogP contribution in [0.15, 0.2) is 54.6 Å². The molecular formula is C28H25N3O7S. The van der Waals surface area contributed by atoms with E-state index < -0.39 is 40.8 Å². The average Bonchev–Trinajstić information content (AvgIpc) is 3.59. The lowest BCUT2D eigenvalue weighted by atomic mass is 9.90. The number of carbonyl (C=O) groups is 3. The number of anilines is 2. The number of thiophene rings is 1. The zero-order chi connectivity index (χ0) is 27.3. The van der Waals surface area contributed by atoms with Crippen LogP contribution in [0.1, 0.15) is 52.2 Å².